The van der Waals surface area contributed by atoms with Crippen molar-refractivity contribution < 1.29 is 62.6 Å². The lowest BCUT2D eigenvalue weighted by atomic mass is 9.77. The molecule has 1 aliphatic rings. The molecule has 0 spiro atoms. The molecule has 1 aliphatic heterocycles. The molecule has 2 heterocycles. The van der Waals surface area contributed by atoms with Crippen LogP contribution in [-0.2, 0) is 35.5 Å². The summed E-state index contributed by atoms with van der Waals surface area (Å²) in [6, 6.07) is 1.39. The Morgan fingerprint density at radius 3 is 2.00 bits per heavy atom. The van der Waals surface area contributed by atoms with E-state index >= 15 is 0 Å². The van der Waals surface area contributed by atoms with Crippen molar-refractivity contribution in [3.8, 4) is 0 Å². The normalized spacial score (nSPS) is 20.4. The van der Waals surface area contributed by atoms with Gasteiger partial charge in [-0.2, -0.15) is 52.7 Å². The van der Waals surface area contributed by atoms with Gasteiger partial charge in [0.1, 0.15) is 17.5 Å². The summed E-state index contributed by atoms with van der Waals surface area (Å²) < 4.78 is 163. The van der Waals surface area contributed by atoms with Crippen LogP contribution in [0, 0.1) is 0 Å². The smallest absolute Gasteiger partial charge is 0.374 e. The van der Waals surface area contributed by atoms with Gasteiger partial charge in [0.05, 0.1) is 23.2 Å². The van der Waals surface area contributed by atoms with Crippen LogP contribution < -0.4 is 10.2 Å². The van der Waals surface area contributed by atoms with Crippen molar-refractivity contribution in [3.05, 3.63) is 58.3 Å². The first-order chi connectivity index (χ1) is 18.6. The summed E-state index contributed by atoms with van der Waals surface area (Å²) in [5, 5.41) is 12.8. The number of rotatable bonds is 6. The second-order valence-electron chi connectivity index (χ2n) is 9.38. The lowest BCUT2D eigenvalue weighted by Crippen LogP contribution is -2.45. The van der Waals surface area contributed by atoms with E-state index in [-0.39, 0.29) is 30.2 Å². The number of aliphatic hydroxyl groups is 1. The van der Waals surface area contributed by atoms with E-state index in [1.807, 2.05) is 0 Å². The molecular formula is C24H21F12N3O2. The van der Waals surface area contributed by atoms with Crippen molar-refractivity contribution in [1.82, 2.24) is 10.3 Å². The van der Waals surface area contributed by atoms with Gasteiger partial charge >= 0.3 is 24.7 Å². The van der Waals surface area contributed by atoms with Crippen LogP contribution >= 0.6 is 0 Å². The molecule has 3 rings (SSSR count). The number of halogens is 12. The summed E-state index contributed by atoms with van der Waals surface area (Å²) in [6.07, 6.45) is -26.7. The fraction of sp³-hybridized carbons (Fsp3) is 0.500. The summed E-state index contributed by atoms with van der Waals surface area (Å²) in [6.45, 7) is -0.414. The lowest BCUT2D eigenvalue weighted by molar-refractivity contribution is -0.187. The quantitative estimate of drug-likeness (QED) is 0.378. The van der Waals surface area contributed by atoms with Crippen molar-refractivity contribution in [2.24, 2.45) is 0 Å². The minimum absolute atomic E-state index is 0.00873. The molecule has 2 aromatic rings. The summed E-state index contributed by atoms with van der Waals surface area (Å²) in [4.78, 5) is 15.7. The Hall–Kier alpha value is -3.24. The SMILES string of the molecule is CCC(=O)NCc1ccc(N2CC(c3cc(C(F)(F)F)cc(C(F)(F)F)c3)(C(F)(F)F)CC2O)nc1CC(F)(F)F. The summed E-state index contributed by atoms with van der Waals surface area (Å²) in [7, 11) is 0. The summed E-state index contributed by atoms with van der Waals surface area (Å²) in [5.41, 5.74) is -9.83. The minimum atomic E-state index is -5.52. The molecule has 0 saturated carbocycles. The number of pyridine rings is 1. The molecule has 1 saturated heterocycles. The van der Waals surface area contributed by atoms with Crippen LogP contribution in [0.1, 0.15) is 47.7 Å². The first-order valence-electron chi connectivity index (χ1n) is 11.7. The highest BCUT2D eigenvalue weighted by Gasteiger charge is 2.62. The van der Waals surface area contributed by atoms with E-state index in [0.29, 0.717) is 4.90 Å². The average molecular weight is 611 g/mol. The largest absolute Gasteiger partial charge is 0.416 e. The van der Waals surface area contributed by atoms with Crippen molar-refractivity contribution in [1.29, 1.82) is 0 Å². The number of anilines is 1. The van der Waals surface area contributed by atoms with E-state index in [0.717, 1.165) is 12.1 Å². The van der Waals surface area contributed by atoms with Gasteiger partial charge in [-0.3, -0.25) is 4.79 Å². The average Bonchev–Trinajstić information content (AvgIpc) is 3.19. The van der Waals surface area contributed by atoms with Gasteiger partial charge in [0.25, 0.3) is 0 Å². The molecular weight excluding hydrogens is 590 g/mol. The molecule has 1 aromatic carbocycles. The van der Waals surface area contributed by atoms with Crippen LogP contribution in [0.2, 0.25) is 0 Å². The molecule has 2 atom stereocenters. The number of carbonyl (C=O) groups is 1. The maximum absolute atomic E-state index is 14.5. The Balaban J connectivity index is 2.13. The van der Waals surface area contributed by atoms with Crippen molar-refractivity contribution in [2.75, 3.05) is 11.4 Å². The van der Waals surface area contributed by atoms with Gasteiger partial charge in [-0.1, -0.05) is 13.0 Å². The number of benzene rings is 1. The maximum atomic E-state index is 14.5. The third-order valence-corrected chi connectivity index (χ3v) is 6.53. The second kappa shape index (κ2) is 10.9. The molecule has 1 aromatic heterocycles. The topological polar surface area (TPSA) is 65.5 Å². The van der Waals surface area contributed by atoms with Gasteiger partial charge in [0, 0.05) is 25.9 Å². The number of alkyl halides is 12. The Morgan fingerprint density at radius 1 is 0.976 bits per heavy atom. The Morgan fingerprint density at radius 2 is 1.54 bits per heavy atom. The van der Waals surface area contributed by atoms with Gasteiger partial charge in [0.2, 0.25) is 5.91 Å². The van der Waals surface area contributed by atoms with Gasteiger partial charge in [-0.15, -0.1) is 0 Å². The van der Waals surface area contributed by atoms with Gasteiger partial charge in [0.15, 0.2) is 0 Å². The highest BCUT2D eigenvalue weighted by molar-refractivity contribution is 5.75. The molecule has 0 radical (unpaired) electrons. The van der Waals surface area contributed by atoms with Crippen LogP contribution in [0.15, 0.2) is 30.3 Å². The van der Waals surface area contributed by atoms with Gasteiger partial charge in [-0.25, -0.2) is 4.98 Å². The predicted molar refractivity (Wildman–Crippen MR) is 118 cm³/mol. The number of nitrogens with one attached hydrogen (secondary N) is 1. The van der Waals surface area contributed by atoms with E-state index in [4.69, 9.17) is 0 Å². The fourth-order valence-corrected chi connectivity index (χ4v) is 4.43. The first-order valence-corrected chi connectivity index (χ1v) is 11.7. The Labute approximate surface area is 224 Å². The number of aliphatic hydroxyl groups excluding tert-OH is 1. The number of aromatic nitrogens is 1. The van der Waals surface area contributed by atoms with E-state index in [1.165, 1.54) is 6.92 Å². The standard InChI is InChI=1S/C24H21F12N3O2/c1-2-18(40)37-10-12-3-4-17(38-16(12)8-21(25,26)27)39-11-20(9-19(39)41,24(34,35)36)13-5-14(22(28,29)30)7-15(6-13)23(31,32)33/h3-7,19,41H,2,8-11H2,1H3,(H,37,40). The minimum Gasteiger partial charge on any atom is -0.374 e. The zero-order valence-electron chi connectivity index (χ0n) is 20.8. The second-order valence-corrected chi connectivity index (χ2v) is 9.38. The van der Waals surface area contributed by atoms with E-state index in [2.05, 4.69) is 10.3 Å². The highest BCUT2D eigenvalue weighted by atomic mass is 19.4. The molecule has 1 amide bonds. The molecule has 2 unspecified atom stereocenters. The maximum Gasteiger partial charge on any atom is 0.416 e. The van der Waals surface area contributed by atoms with Crippen LogP contribution in [-0.4, -0.2) is 41.1 Å². The zero-order chi connectivity index (χ0) is 31.2. The van der Waals surface area contributed by atoms with E-state index in [9.17, 15) is 62.6 Å². The van der Waals surface area contributed by atoms with Gasteiger partial charge in [-0.05, 0) is 35.4 Å². The summed E-state index contributed by atoms with van der Waals surface area (Å²) in [5.74, 6) is -1.17. The molecule has 228 valence electrons. The van der Waals surface area contributed by atoms with Crippen LogP contribution in [0.3, 0.4) is 0 Å². The number of hydrogen-bond acceptors (Lipinski definition) is 4. The van der Waals surface area contributed by atoms with Crippen molar-refractivity contribution in [3.63, 3.8) is 0 Å². The van der Waals surface area contributed by atoms with Crippen molar-refractivity contribution in [2.45, 2.75) is 69.1 Å². The van der Waals surface area contributed by atoms with Crippen LogP contribution in [0.4, 0.5) is 58.5 Å². The molecule has 5 nitrogen and oxygen atoms in total. The molecule has 0 bridgehead atoms. The number of hydrogen-bond donors (Lipinski definition) is 2. The first kappa shape index (κ1) is 32.3. The molecule has 17 heteroatoms. The highest BCUT2D eigenvalue weighted by Crippen LogP contribution is 2.52. The number of amides is 1. The fourth-order valence-electron chi connectivity index (χ4n) is 4.43. The Kier molecular flexibility index (Phi) is 8.56. The van der Waals surface area contributed by atoms with E-state index < -0.39 is 96.4 Å². The van der Waals surface area contributed by atoms with E-state index in [1.54, 1.807) is 0 Å². The monoisotopic (exact) mass is 611 g/mol. The van der Waals surface area contributed by atoms with Crippen LogP contribution in [0.25, 0.3) is 0 Å². The zero-order valence-corrected chi connectivity index (χ0v) is 20.8. The van der Waals surface area contributed by atoms with Crippen molar-refractivity contribution >= 4 is 11.7 Å². The lowest BCUT2D eigenvalue weighted by Gasteiger charge is -2.33. The molecule has 1 fully saturated rings. The molecule has 41 heavy (non-hydrogen) atoms. The number of nitrogens with zero attached hydrogens (tertiary/aromatic N) is 2. The van der Waals surface area contributed by atoms with Gasteiger partial charge < -0.3 is 15.3 Å². The third kappa shape index (κ3) is 7.16. The molecule has 2 N–H and O–H groups in total. The predicted octanol–water partition coefficient (Wildman–Crippen LogP) is 6.28. The Bertz CT molecular complexity index is 1240. The molecule has 0 aliphatic carbocycles. The number of carbonyl (C=O) groups excluding carboxylic acids is 1. The van der Waals surface area contributed by atoms with Crippen LogP contribution in [0.5, 0.6) is 0 Å². The summed E-state index contributed by atoms with van der Waals surface area (Å²) >= 11 is 0. The third-order valence-electron chi connectivity index (χ3n) is 6.53.